The Morgan fingerprint density at radius 2 is 2.00 bits per heavy atom. The largest absolute Gasteiger partial charge is 0.310 e. The minimum Gasteiger partial charge on any atom is -0.310 e. The zero-order chi connectivity index (χ0) is 15.4. The van der Waals surface area contributed by atoms with Crippen molar-refractivity contribution in [3.05, 3.63) is 67.3 Å². The van der Waals surface area contributed by atoms with Gasteiger partial charge in [-0.2, -0.15) is 0 Å². The van der Waals surface area contributed by atoms with Crippen molar-refractivity contribution in [1.82, 2.24) is 5.32 Å². The van der Waals surface area contributed by atoms with Crippen LogP contribution in [-0.2, 0) is 6.42 Å². The normalized spacial score (nSPS) is 12.4. The lowest BCUT2D eigenvalue weighted by Crippen LogP contribution is -2.23. The molecular formula is C16H15Br2ClFN. The van der Waals surface area contributed by atoms with Gasteiger partial charge in [0.1, 0.15) is 5.82 Å². The monoisotopic (exact) mass is 433 g/mol. The molecule has 0 heterocycles. The molecule has 1 unspecified atom stereocenters. The minimum absolute atomic E-state index is 0.0665. The number of halogens is 4. The van der Waals surface area contributed by atoms with E-state index in [1.807, 2.05) is 25.1 Å². The Balaban J connectivity index is 2.33. The van der Waals surface area contributed by atoms with Gasteiger partial charge in [-0.25, -0.2) is 4.39 Å². The molecule has 0 aromatic heterocycles. The standard InChI is InChI=1S/C16H15Br2ClFN/c1-2-21-15(12-7-6-11(17)9-13(12)18)8-10-4-3-5-14(20)16(10)19/h3-7,9,15,21H,2,8H2,1H3. The van der Waals surface area contributed by atoms with E-state index in [2.05, 4.69) is 43.2 Å². The number of benzene rings is 2. The van der Waals surface area contributed by atoms with Gasteiger partial charge in [-0.1, -0.05) is 68.6 Å². The summed E-state index contributed by atoms with van der Waals surface area (Å²) < 4.78 is 15.6. The van der Waals surface area contributed by atoms with Crippen molar-refractivity contribution in [3.63, 3.8) is 0 Å². The van der Waals surface area contributed by atoms with E-state index in [1.165, 1.54) is 6.07 Å². The Hall–Kier alpha value is -0.420. The van der Waals surface area contributed by atoms with Crippen LogP contribution in [0.1, 0.15) is 24.1 Å². The van der Waals surface area contributed by atoms with Crippen molar-refractivity contribution in [3.8, 4) is 0 Å². The van der Waals surface area contributed by atoms with Crippen molar-refractivity contribution in [2.45, 2.75) is 19.4 Å². The van der Waals surface area contributed by atoms with Gasteiger partial charge in [0, 0.05) is 15.0 Å². The second kappa shape index (κ2) is 7.73. The van der Waals surface area contributed by atoms with Crippen molar-refractivity contribution in [2.24, 2.45) is 0 Å². The van der Waals surface area contributed by atoms with Crippen molar-refractivity contribution in [1.29, 1.82) is 0 Å². The molecule has 0 spiro atoms. The van der Waals surface area contributed by atoms with E-state index in [-0.39, 0.29) is 16.9 Å². The first kappa shape index (κ1) is 16.9. The average Bonchev–Trinajstić information content (AvgIpc) is 2.43. The predicted octanol–water partition coefficient (Wildman–Crippen LogP) is 5.90. The second-order valence-electron chi connectivity index (χ2n) is 4.69. The summed E-state index contributed by atoms with van der Waals surface area (Å²) >= 11 is 13.1. The van der Waals surface area contributed by atoms with E-state index in [0.29, 0.717) is 6.42 Å². The van der Waals surface area contributed by atoms with Crippen LogP contribution in [0, 0.1) is 5.82 Å². The average molecular weight is 436 g/mol. The maximum atomic E-state index is 13.6. The van der Waals surface area contributed by atoms with Gasteiger partial charge in [0.2, 0.25) is 0 Å². The van der Waals surface area contributed by atoms with Crippen LogP contribution in [0.4, 0.5) is 4.39 Å². The topological polar surface area (TPSA) is 12.0 Å². The molecule has 0 saturated heterocycles. The fourth-order valence-electron chi connectivity index (χ4n) is 2.25. The Morgan fingerprint density at radius 3 is 2.67 bits per heavy atom. The molecule has 2 aromatic carbocycles. The fraction of sp³-hybridized carbons (Fsp3) is 0.250. The molecule has 2 rings (SSSR count). The number of likely N-dealkylation sites (N-methyl/N-ethyl adjacent to an activating group) is 1. The van der Waals surface area contributed by atoms with E-state index < -0.39 is 0 Å². The Morgan fingerprint density at radius 1 is 1.24 bits per heavy atom. The molecule has 2 aromatic rings. The van der Waals surface area contributed by atoms with Crippen LogP contribution in [0.2, 0.25) is 5.02 Å². The molecule has 0 radical (unpaired) electrons. The number of nitrogens with one attached hydrogen (secondary N) is 1. The summed E-state index contributed by atoms with van der Waals surface area (Å²) in [5, 5.41) is 3.63. The van der Waals surface area contributed by atoms with Gasteiger partial charge in [0.25, 0.3) is 0 Å². The van der Waals surface area contributed by atoms with E-state index in [1.54, 1.807) is 6.07 Å². The first-order chi connectivity index (χ1) is 10.0. The van der Waals surface area contributed by atoms with E-state index in [9.17, 15) is 4.39 Å². The van der Waals surface area contributed by atoms with Crippen LogP contribution in [-0.4, -0.2) is 6.54 Å². The third kappa shape index (κ3) is 4.28. The van der Waals surface area contributed by atoms with E-state index >= 15 is 0 Å². The first-order valence-electron chi connectivity index (χ1n) is 6.64. The van der Waals surface area contributed by atoms with Gasteiger partial charge in [-0.05, 0) is 42.3 Å². The van der Waals surface area contributed by atoms with E-state index in [4.69, 9.17) is 11.6 Å². The Labute approximate surface area is 146 Å². The van der Waals surface area contributed by atoms with Gasteiger partial charge in [0.15, 0.2) is 0 Å². The SMILES string of the molecule is CCNC(Cc1cccc(F)c1Cl)c1ccc(Br)cc1Br. The summed E-state index contributed by atoms with van der Waals surface area (Å²) in [6.07, 6.45) is 0.630. The molecule has 0 bridgehead atoms. The van der Waals surface area contributed by atoms with Crippen LogP contribution in [0.15, 0.2) is 45.3 Å². The van der Waals surface area contributed by atoms with Crippen molar-refractivity contribution < 1.29 is 4.39 Å². The fourth-order valence-corrected chi connectivity index (χ4v) is 3.78. The highest BCUT2D eigenvalue weighted by Gasteiger charge is 2.17. The van der Waals surface area contributed by atoms with Crippen LogP contribution < -0.4 is 5.32 Å². The number of hydrogen-bond acceptors (Lipinski definition) is 1. The number of hydrogen-bond donors (Lipinski definition) is 1. The third-order valence-electron chi connectivity index (χ3n) is 3.24. The molecule has 5 heteroatoms. The Kier molecular flexibility index (Phi) is 6.23. The highest BCUT2D eigenvalue weighted by atomic mass is 79.9. The molecule has 21 heavy (non-hydrogen) atoms. The lowest BCUT2D eigenvalue weighted by atomic mass is 9.98. The highest BCUT2D eigenvalue weighted by Crippen LogP contribution is 2.31. The van der Waals surface area contributed by atoms with Gasteiger partial charge >= 0.3 is 0 Å². The smallest absolute Gasteiger partial charge is 0.142 e. The molecule has 0 amide bonds. The molecule has 112 valence electrons. The quantitative estimate of drug-likeness (QED) is 0.617. The van der Waals surface area contributed by atoms with Crippen LogP contribution in [0.3, 0.4) is 0 Å². The van der Waals surface area contributed by atoms with Gasteiger partial charge in [-0.15, -0.1) is 0 Å². The van der Waals surface area contributed by atoms with E-state index in [0.717, 1.165) is 26.6 Å². The van der Waals surface area contributed by atoms with Crippen molar-refractivity contribution >= 4 is 43.5 Å². The lowest BCUT2D eigenvalue weighted by molar-refractivity contribution is 0.545. The third-order valence-corrected chi connectivity index (χ3v) is 4.85. The molecule has 0 saturated carbocycles. The van der Waals surface area contributed by atoms with Crippen molar-refractivity contribution in [2.75, 3.05) is 6.54 Å². The van der Waals surface area contributed by atoms with Gasteiger partial charge in [-0.3, -0.25) is 0 Å². The molecule has 1 N–H and O–H groups in total. The van der Waals surface area contributed by atoms with Crippen LogP contribution in [0.5, 0.6) is 0 Å². The van der Waals surface area contributed by atoms with Crippen LogP contribution >= 0.6 is 43.5 Å². The molecule has 0 aliphatic rings. The molecule has 0 aliphatic carbocycles. The highest BCUT2D eigenvalue weighted by molar-refractivity contribution is 9.11. The van der Waals surface area contributed by atoms with Crippen LogP contribution in [0.25, 0.3) is 0 Å². The predicted molar refractivity (Wildman–Crippen MR) is 93.4 cm³/mol. The maximum absolute atomic E-state index is 13.6. The zero-order valence-electron chi connectivity index (χ0n) is 11.5. The second-order valence-corrected chi connectivity index (χ2v) is 6.84. The van der Waals surface area contributed by atoms with Gasteiger partial charge < -0.3 is 5.32 Å². The Bertz CT molecular complexity index is 634. The molecule has 1 atom stereocenters. The number of rotatable bonds is 5. The molecule has 0 aliphatic heterocycles. The summed E-state index contributed by atoms with van der Waals surface area (Å²) in [5.74, 6) is -0.376. The summed E-state index contributed by atoms with van der Waals surface area (Å²) in [6, 6.07) is 11.1. The summed E-state index contributed by atoms with van der Waals surface area (Å²) in [6.45, 7) is 2.87. The zero-order valence-corrected chi connectivity index (χ0v) is 15.4. The maximum Gasteiger partial charge on any atom is 0.142 e. The molecule has 1 nitrogen and oxygen atoms in total. The summed E-state index contributed by atoms with van der Waals surface area (Å²) in [4.78, 5) is 0. The molecule has 0 fully saturated rings. The summed E-state index contributed by atoms with van der Waals surface area (Å²) in [7, 11) is 0. The van der Waals surface area contributed by atoms with Gasteiger partial charge in [0.05, 0.1) is 5.02 Å². The minimum atomic E-state index is -0.376. The first-order valence-corrected chi connectivity index (χ1v) is 8.60. The molecular weight excluding hydrogens is 420 g/mol. The lowest BCUT2D eigenvalue weighted by Gasteiger charge is -2.21. The summed E-state index contributed by atoms with van der Waals surface area (Å²) in [5.41, 5.74) is 1.93.